The third kappa shape index (κ3) is 4.20. The molecule has 1 aromatic heterocycles. The first kappa shape index (κ1) is 16.8. The molecule has 0 bridgehead atoms. The maximum atomic E-state index is 11.9. The Labute approximate surface area is 134 Å². The molecular weight excluding hydrogens is 296 g/mol. The second-order valence-electron chi connectivity index (χ2n) is 4.99. The van der Waals surface area contributed by atoms with Crippen molar-refractivity contribution >= 4 is 5.91 Å². The Hall–Kier alpha value is -2.60. The van der Waals surface area contributed by atoms with Crippen LogP contribution >= 0.6 is 0 Å². The summed E-state index contributed by atoms with van der Waals surface area (Å²) in [5.74, 6) is -0.148. The number of benzene rings is 1. The third-order valence-electron chi connectivity index (χ3n) is 3.21. The number of carbonyl (C=O) groups is 1. The predicted octanol–water partition coefficient (Wildman–Crippen LogP) is 1.43. The van der Waals surface area contributed by atoms with Gasteiger partial charge in [-0.05, 0) is 5.56 Å². The van der Waals surface area contributed by atoms with Gasteiger partial charge in [-0.25, -0.2) is 0 Å². The molecule has 0 aliphatic carbocycles. The van der Waals surface area contributed by atoms with Gasteiger partial charge in [-0.15, -0.1) is 0 Å². The lowest BCUT2D eigenvalue weighted by Crippen LogP contribution is -2.37. The van der Waals surface area contributed by atoms with E-state index in [9.17, 15) is 9.59 Å². The standard InChI is InChI=1S/C15H14N2O3.C2H6O/c18-12-6-8-17-9-7-16-15(19)13(17)14(12)20-10-11-4-2-1-3-5-11;1-3-2/h1-6,8H,7,9-10H2,(H,16,19);1-2H3. The fourth-order valence-corrected chi connectivity index (χ4v) is 2.22. The number of methoxy groups -OCH3 is 1. The molecule has 1 N–H and O–H groups in total. The number of carbonyl (C=O) groups excluding carboxylic acids is 1. The van der Waals surface area contributed by atoms with Crippen LogP contribution in [0.1, 0.15) is 16.1 Å². The quantitative estimate of drug-likeness (QED) is 0.930. The molecule has 0 saturated heterocycles. The summed E-state index contributed by atoms with van der Waals surface area (Å²) < 4.78 is 11.6. The zero-order valence-corrected chi connectivity index (χ0v) is 13.2. The van der Waals surface area contributed by atoms with Gasteiger partial charge in [-0.3, -0.25) is 9.59 Å². The minimum absolute atomic E-state index is 0.119. The molecule has 0 atom stereocenters. The molecule has 6 nitrogen and oxygen atoms in total. The average Bonchev–Trinajstić information content (AvgIpc) is 2.56. The zero-order chi connectivity index (χ0) is 16.7. The van der Waals surface area contributed by atoms with Crippen molar-refractivity contribution in [3.63, 3.8) is 0 Å². The Bertz CT molecular complexity index is 710. The van der Waals surface area contributed by atoms with Crippen LogP contribution < -0.4 is 15.5 Å². The highest BCUT2D eigenvalue weighted by Gasteiger charge is 2.22. The van der Waals surface area contributed by atoms with Crippen LogP contribution in [0, 0.1) is 0 Å². The molecule has 0 spiro atoms. The van der Waals surface area contributed by atoms with E-state index in [1.807, 2.05) is 30.3 Å². The Morgan fingerprint density at radius 3 is 2.52 bits per heavy atom. The number of pyridine rings is 1. The van der Waals surface area contributed by atoms with Gasteiger partial charge in [-0.1, -0.05) is 30.3 Å². The number of hydrogen-bond donors (Lipinski definition) is 1. The van der Waals surface area contributed by atoms with E-state index in [0.717, 1.165) is 5.56 Å². The number of hydrogen-bond acceptors (Lipinski definition) is 4. The number of fused-ring (bicyclic) bond motifs is 1. The first-order valence-electron chi connectivity index (χ1n) is 7.26. The Morgan fingerprint density at radius 1 is 1.13 bits per heavy atom. The van der Waals surface area contributed by atoms with Gasteiger partial charge in [0.15, 0.2) is 11.4 Å². The number of aromatic nitrogens is 1. The molecule has 0 unspecified atom stereocenters. The number of amides is 1. The Balaban J connectivity index is 0.000000595. The average molecular weight is 316 g/mol. The van der Waals surface area contributed by atoms with Crippen LogP contribution in [-0.2, 0) is 17.9 Å². The molecule has 3 rings (SSSR count). The van der Waals surface area contributed by atoms with Crippen molar-refractivity contribution in [1.82, 2.24) is 9.88 Å². The van der Waals surface area contributed by atoms with Crippen molar-refractivity contribution in [2.45, 2.75) is 13.2 Å². The van der Waals surface area contributed by atoms with Crippen LogP contribution in [0.5, 0.6) is 5.75 Å². The largest absolute Gasteiger partial charge is 0.483 e. The van der Waals surface area contributed by atoms with Crippen LogP contribution in [0.25, 0.3) is 0 Å². The summed E-state index contributed by atoms with van der Waals surface area (Å²) in [6.45, 7) is 1.47. The van der Waals surface area contributed by atoms with E-state index in [4.69, 9.17) is 4.74 Å². The van der Waals surface area contributed by atoms with Crippen LogP contribution in [0.4, 0.5) is 0 Å². The minimum atomic E-state index is -0.274. The highest BCUT2D eigenvalue weighted by Crippen LogP contribution is 2.17. The topological polar surface area (TPSA) is 69.6 Å². The zero-order valence-electron chi connectivity index (χ0n) is 13.2. The van der Waals surface area contributed by atoms with Gasteiger partial charge in [-0.2, -0.15) is 0 Å². The lowest BCUT2D eigenvalue weighted by Gasteiger charge is -2.21. The van der Waals surface area contributed by atoms with Crippen molar-refractivity contribution in [1.29, 1.82) is 0 Å². The Kier molecular flexibility index (Phi) is 5.94. The summed E-state index contributed by atoms with van der Waals surface area (Å²) in [5.41, 5.74) is 0.981. The van der Waals surface area contributed by atoms with Gasteiger partial charge in [0.05, 0.1) is 0 Å². The summed E-state index contributed by atoms with van der Waals surface area (Å²) in [7, 11) is 3.25. The van der Waals surface area contributed by atoms with E-state index in [1.165, 1.54) is 6.07 Å². The second-order valence-corrected chi connectivity index (χ2v) is 4.99. The minimum Gasteiger partial charge on any atom is -0.483 e. The van der Waals surface area contributed by atoms with Gasteiger partial charge < -0.3 is 19.4 Å². The van der Waals surface area contributed by atoms with Gasteiger partial charge >= 0.3 is 0 Å². The van der Waals surface area contributed by atoms with E-state index in [-0.39, 0.29) is 23.7 Å². The number of nitrogens with zero attached hydrogens (tertiary/aromatic N) is 1. The maximum absolute atomic E-state index is 11.9. The number of ether oxygens (including phenoxy) is 2. The van der Waals surface area contributed by atoms with E-state index in [0.29, 0.717) is 18.8 Å². The summed E-state index contributed by atoms with van der Waals surface area (Å²) in [4.78, 5) is 23.9. The number of rotatable bonds is 3. The monoisotopic (exact) mass is 316 g/mol. The van der Waals surface area contributed by atoms with Crippen LogP contribution in [0.2, 0.25) is 0 Å². The van der Waals surface area contributed by atoms with Crippen molar-refractivity contribution in [2.75, 3.05) is 20.8 Å². The second kappa shape index (κ2) is 8.14. The smallest absolute Gasteiger partial charge is 0.271 e. The molecule has 122 valence electrons. The summed E-state index contributed by atoms with van der Waals surface area (Å²) >= 11 is 0. The molecule has 0 fully saturated rings. The highest BCUT2D eigenvalue weighted by molar-refractivity contribution is 5.95. The first-order chi connectivity index (χ1) is 11.2. The normalized spacial score (nSPS) is 12.5. The molecule has 1 aromatic carbocycles. The molecule has 0 saturated carbocycles. The molecule has 2 heterocycles. The fourth-order valence-electron chi connectivity index (χ4n) is 2.22. The van der Waals surface area contributed by atoms with Gasteiger partial charge in [0.2, 0.25) is 5.43 Å². The van der Waals surface area contributed by atoms with Crippen molar-refractivity contribution in [3.05, 3.63) is 64.1 Å². The molecule has 1 amide bonds. The van der Waals surface area contributed by atoms with E-state index in [1.54, 1.807) is 25.0 Å². The third-order valence-corrected chi connectivity index (χ3v) is 3.21. The van der Waals surface area contributed by atoms with Gasteiger partial charge in [0, 0.05) is 39.6 Å². The van der Waals surface area contributed by atoms with Crippen molar-refractivity contribution in [3.8, 4) is 5.75 Å². The van der Waals surface area contributed by atoms with E-state index < -0.39 is 0 Å². The van der Waals surface area contributed by atoms with E-state index in [2.05, 4.69) is 10.1 Å². The SMILES string of the molecule is COC.O=C1NCCn2ccc(=O)c(OCc3ccccc3)c21. The highest BCUT2D eigenvalue weighted by atomic mass is 16.5. The fraction of sp³-hybridized carbons (Fsp3) is 0.294. The lowest BCUT2D eigenvalue weighted by atomic mass is 10.2. The maximum Gasteiger partial charge on any atom is 0.271 e. The summed E-state index contributed by atoms with van der Waals surface area (Å²) in [5, 5.41) is 2.73. The predicted molar refractivity (Wildman–Crippen MR) is 86.7 cm³/mol. The molecule has 23 heavy (non-hydrogen) atoms. The lowest BCUT2D eigenvalue weighted by molar-refractivity contribution is 0.0919. The molecule has 2 aromatic rings. The van der Waals surface area contributed by atoms with Crippen LogP contribution in [0.15, 0.2) is 47.4 Å². The summed E-state index contributed by atoms with van der Waals surface area (Å²) in [6.07, 6.45) is 1.63. The molecule has 1 aliphatic heterocycles. The van der Waals surface area contributed by atoms with Crippen LogP contribution in [0.3, 0.4) is 0 Å². The summed E-state index contributed by atoms with van der Waals surface area (Å²) in [6, 6.07) is 11.0. The molecule has 6 heteroatoms. The molecule has 0 radical (unpaired) electrons. The first-order valence-corrected chi connectivity index (χ1v) is 7.26. The van der Waals surface area contributed by atoms with Gasteiger partial charge in [0.25, 0.3) is 5.91 Å². The Morgan fingerprint density at radius 2 is 1.83 bits per heavy atom. The van der Waals surface area contributed by atoms with E-state index >= 15 is 0 Å². The molecule has 1 aliphatic rings. The molecular formula is C17H20N2O4. The van der Waals surface area contributed by atoms with Crippen molar-refractivity contribution < 1.29 is 14.3 Å². The van der Waals surface area contributed by atoms with Crippen molar-refractivity contribution in [2.24, 2.45) is 0 Å². The van der Waals surface area contributed by atoms with Crippen LogP contribution in [-0.4, -0.2) is 31.2 Å². The van der Waals surface area contributed by atoms with Gasteiger partial charge in [0.1, 0.15) is 6.61 Å². The number of nitrogens with one attached hydrogen (secondary N) is 1.